The molecule has 24 heavy (non-hydrogen) atoms. The lowest BCUT2D eigenvalue weighted by Gasteiger charge is -2.49. The number of fused-ring (bicyclic) bond motifs is 5. The quantitative estimate of drug-likeness (QED) is 0.640. The predicted octanol–water partition coefficient (Wildman–Crippen LogP) is 1.84. The minimum absolute atomic E-state index is 0.00806. The standard InChI is InChI=1S/C20H28O4/c1-10-5-15-19(23,17(10)22)8-12(9-21)7-14-16-13(18(16,3)4)6-11(2)20(14,15)24/h5,7,11,13-16,21,23-24H,6,8-9H2,1-4H3/t11-,13?,14+,15-,16-,19-,20-/m1/s1. The van der Waals surface area contributed by atoms with Gasteiger partial charge in [-0.05, 0) is 47.7 Å². The average Bonchev–Trinajstić information content (AvgIpc) is 3.00. The van der Waals surface area contributed by atoms with Gasteiger partial charge in [-0.3, -0.25) is 4.79 Å². The molecule has 0 aliphatic heterocycles. The summed E-state index contributed by atoms with van der Waals surface area (Å²) in [7, 11) is 0. The van der Waals surface area contributed by atoms with Crippen molar-refractivity contribution in [3.05, 3.63) is 23.3 Å². The van der Waals surface area contributed by atoms with Crippen LogP contribution in [0.15, 0.2) is 23.3 Å². The second-order valence-corrected chi connectivity index (χ2v) is 9.24. The fourth-order valence-electron chi connectivity index (χ4n) is 6.31. The van der Waals surface area contributed by atoms with Gasteiger partial charge >= 0.3 is 0 Å². The average molecular weight is 332 g/mol. The Hall–Kier alpha value is -0.970. The molecule has 4 heteroatoms. The van der Waals surface area contributed by atoms with Crippen LogP contribution in [0.1, 0.15) is 40.5 Å². The molecule has 4 aliphatic rings. The topological polar surface area (TPSA) is 77.8 Å². The number of aliphatic hydroxyl groups excluding tert-OH is 1. The normalized spacial score (nSPS) is 51.8. The summed E-state index contributed by atoms with van der Waals surface area (Å²) in [6.07, 6.45) is 4.80. The zero-order valence-corrected chi connectivity index (χ0v) is 14.9. The lowest BCUT2D eigenvalue weighted by atomic mass is 9.60. The first kappa shape index (κ1) is 16.5. The Morgan fingerprint density at radius 1 is 1.25 bits per heavy atom. The van der Waals surface area contributed by atoms with Gasteiger partial charge in [-0.25, -0.2) is 0 Å². The van der Waals surface area contributed by atoms with Crippen molar-refractivity contribution in [3.63, 3.8) is 0 Å². The van der Waals surface area contributed by atoms with Crippen molar-refractivity contribution in [2.45, 2.75) is 51.7 Å². The van der Waals surface area contributed by atoms with Gasteiger partial charge in [-0.1, -0.05) is 32.9 Å². The van der Waals surface area contributed by atoms with Crippen LogP contribution in [0.25, 0.3) is 0 Å². The SMILES string of the molecule is CC1=C[C@H]2[C@@]3(O)[C@H](C)CC4[C@H]([C@@H]3C=C(CO)C[C@]2(O)C1=O)C4(C)C. The Balaban J connectivity index is 1.90. The molecule has 0 bridgehead atoms. The zero-order valence-electron chi connectivity index (χ0n) is 14.9. The third-order valence-corrected chi connectivity index (χ3v) is 7.75. The van der Waals surface area contributed by atoms with Crippen LogP contribution < -0.4 is 0 Å². The van der Waals surface area contributed by atoms with Crippen LogP contribution >= 0.6 is 0 Å². The van der Waals surface area contributed by atoms with Crippen molar-refractivity contribution in [2.75, 3.05) is 6.61 Å². The molecule has 7 atom stereocenters. The molecule has 0 spiro atoms. The van der Waals surface area contributed by atoms with Crippen LogP contribution in [0.5, 0.6) is 0 Å². The first-order chi connectivity index (χ1) is 11.1. The van der Waals surface area contributed by atoms with E-state index in [-0.39, 0.29) is 36.1 Å². The Kier molecular flexibility index (Phi) is 3.16. The number of hydrogen-bond donors (Lipinski definition) is 3. The van der Waals surface area contributed by atoms with Crippen LogP contribution in [-0.2, 0) is 4.79 Å². The molecule has 1 unspecified atom stereocenters. The Morgan fingerprint density at radius 2 is 1.92 bits per heavy atom. The monoisotopic (exact) mass is 332 g/mol. The molecule has 4 aliphatic carbocycles. The maximum absolute atomic E-state index is 12.7. The van der Waals surface area contributed by atoms with Crippen LogP contribution in [-0.4, -0.2) is 38.9 Å². The lowest BCUT2D eigenvalue weighted by Crippen LogP contribution is -2.59. The summed E-state index contributed by atoms with van der Waals surface area (Å²) in [4.78, 5) is 12.7. The largest absolute Gasteiger partial charge is 0.392 e. The summed E-state index contributed by atoms with van der Waals surface area (Å²) in [6.45, 7) is 8.06. The van der Waals surface area contributed by atoms with Crippen molar-refractivity contribution >= 4 is 5.78 Å². The van der Waals surface area contributed by atoms with Crippen LogP contribution in [0.3, 0.4) is 0 Å². The molecule has 132 valence electrons. The van der Waals surface area contributed by atoms with Gasteiger partial charge in [0, 0.05) is 18.3 Å². The van der Waals surface area contributed by atoms with Gasteiger partial charge in [-0.15, -0.1) is 0 Å². The fourth-order valence-corrected chi connectivity index (χ4v) is 6.31. The number of carbonyl (C=O) groups is 1. The molecular weight excluding hydrogens is 304 g/mol. The van der Waals surface area contributed by atoms with E-state index in [9.17, 15) is 20.1 Å². The van der Waals surface area contributed by atoms with E-state index in [0.29, 0.717) is 23.0 Å². The van der Waals surface area contributed by atoms with Crippen molar-refractivity contribution in [2.24, 2.45) is 35.0 Å². The molecular formula is C20H28O4. The summed E-state index contributed by atoms with van der Waals surface area (Å²) >= 11 is 0. The Morgan fingerprint density at radius 3 is 2.54 bits per heavy atom. The van der Waals surface area contributed by atoms with E-state index in [1.54, 1.807) is 13.0 Å². The van der Waals surface area contributed by atoms with Gasteiger partial charge in [0.05, 0.1) is 12.2 Å². The van der Waals surface area contributed by atoms with E-state index in [1.807, 2.05) is 13.0 Å². The lowest BCUT2D eigenvalue weighted by molar-refractivity contribution is -0.168. The van der Waals surface area contributed by atoms with Crippen LogP contribution in [0.4, 0.5) is 0 Å². The van der Waals surface area contributed by atoms with Gasteiger partial charge in [0.25, 0.3) is 0 Å². The molecule has 2 fully saturated rings. The molecule has 0 aromatic rings. The fraction of sp³-hybridized carbons (Fsp3) is 0.750. The highest BCUT2D eigenvalue weighted by molar-refractivity contribution is 6.04. The highest BCUT2D eigenvalue weighted by atomic mass is 16.3. The predicted molar refractivity (Wildman–Crippen MR) is 90.0 cm³/mol. The van der Waals surface area contributed by atoms with E-state index in [2.05, 4.69) is 13.8 Å². The zero-order chi connectivity index (χ0) is 17.7. The maximum atomic E-state index is 12.7. The molecule has 0 heterocycles. The molecule has 0 radical (unpaired) electrons. The van der Waals surface area contributed by atoms with Gasteiger partial charge in [0.15, 0.2) is 5.78 Å². The van der Waals surface area contributed by atoms with Crippen LogP contribution in [0.2, 0.25) is 0 Å². The smallest absolute Gasteiger partial charge is 0.190 e. The van der Waals surface area contributed by atoms with Gasteiger partial charge in [0.2, 0.25) is 0 Å². The molecule has 0 aromatic carbocycles. The first-order valence-corrected chi connectivity index (χ1v) is 9.06. The summed E-state index contributed by atoms with van der Waals surface area (Å²) in [5.41, 5.74) is -1.41. The Bertz CT molecular complexity index is 675. The second-order valence-electron chi connectivity index (χ2n) is 9.24. The van der Waals surface area contributed by atoms with E-state index in [1.165, 1.54) is 0 Å². The van der Waals surface area contributed by atoms with Crippen LogP contribution in [0, 0.1) is 35.0 Å². The van der Waals surface area contributed by atoms with Crippen molar-refractivity contribution in [3.8, 4) is 0 Å². The van der Waals surface area contributed by atoms with Gasteiger partial charge < -0.3 is 15.3 Å². The maximum Gasteiger partial charge on any atom is 0.190 e. The molecule has 2 saturated carbocycles. The van der Waals surface area contributed by atoms with Crippen molar-refractivity contribution < 1.29 is 20.1 Å². The minimum atomic E-state index is -1.62. The number of hydrogen-bond acceptors (Lipinski definition) is 4. The number of aliphatic hydroxyl groups is 3. The summed E-state index contributed by atoms with van der Waals surface area (Å²) in [5.74, 6) is -0.140. The molecule has 0 saturated heterocycles. The summed E-state index contributed by atoms with van der Waals surface area (Å²) in [5, 5.41) is 32.9. The highest BCUT2D eigenvalue weighted by Gasteiger charge is 2.73. The van der Waals surface area contributed by atoms with Gasteiger partial charge in [-0.2, -0.15) is 0 Å². The van der Waals surface area contributed by atoms with E-state index in [0.717, 1.165) is 6.42 Å². The molecule has 0 aromatic heterocycles. The van der Waals surface area contributed by atoms with Crippen molar-refractivity contribution in [1.29, 1.82) is 0 Å². The molecule has 3 N–H and O–H groups in total. The number of rotatable bonds is 1. The van der Waals surface area contributed by atoms with E-state index in [4.69, 9.17) is 0 Å². The molecule has 4 nitrogen and oxygen atoms in total. The third-order valence-electron chi connectivity index (χ3n) is 7.75. The number of Topliss-reactive ketones (excluding diaryl/α,β-unsaturated/α-hetero) is 1. The third kappa shape index (κ3) is 1.72. The first-order valence-electron chi connectivity index (χ1n) is 9.06. The van der Waals surface area contributed by atoms with Crippen molar-refractivity contribution in [1.82, 2.24) is 0 Å². The van der Waals surface area contributed by atoms with E-state index >= 15 is 0 Å². The van der Waals surface area contributed by atoms with Gasteiger partial charge in [0.1, 0.15) is 5.60 Å². The highest BCUT2D eigenvalue weighted by Crippen LogP contribution is 2.72. The molecule has 4 rings (SSSR count). The number of carbonyl (C=O) groups excluding carboxylic acids is 1. The summed E-state index contributed by atoms with van der Waals surface area (Å²) < 4.78 is 0. The van der Waals surface area contributed by atoms with E-state index < -0.39 is 17.1 Å². The molecule has 0 amide bonds. The Labute approximate surface area is 143 Å². The second kappa shape index (κ2) is 4.60. The minimum Gasteiger partial charge on any atom is -0.392 e. The number of ketones is 1. The summed E-state index contributed by atoms with van der Waals surface area (Å²) in [6, 6.07) is 0.